The van der Waals surface area contributed by atoms with Gasteiger partial charge in [-0.3, -0.25) is 0 Å². The summed E-state index contributed by atoms with van der Waals surface area (Å²) in [6.45, 7) is 0.477. The van der Waals surface area contributed by atoms with Gasteiger partial charge in [0, 0.05) is 11.1 Å². The number of hydrogen-bond acceptors (Lipinski definition) is 3. The summed E-state index contributed by atoms with van der Waals surface area (Å²) in [7, 11) is 0. The molecule has 0 aliphatic carbocycles. The summed E-state index contributed by atoms with van der Waals surface area (Å²) in [4.78, 5) is 4.37. The molecule has 2 nitrogen and oxygen atoms in total. The molecule has 1 aromatic rings. The van der Waals surface area contributed by atoms with Gasteiger partial charge in [0.2, 0.25) is 0 Å². The Hall–Kier alpha value is -0.550. The fourth-order valence-electron chi connectivity index (χ4n) is 0.681. The molecule has 5 heteroatoms. The molecule has 0 spiro atoms. The van der Waals surface area contributed by atoms with Crippen LogP contribution in [-0.2, 0) is 6.42 Å². The number of aromatic nitrogens is 1. The van der Waals surface area contributed by atoms with Gasteiger partial charge in [-0.05, 0) is 13.0 Å². The molecule has 0 bridgehead atoms. The van der Waals surface area contributed by atoms with E-state index in [1.54, 1.807) is 0 Å². The van der Waals surface area contributed by atoms with Gasteiger partial charge in [-0.2, -0.15) is 0 Å². The van der Waals surface area contributed by atoms with Gasteiger partial charge in [0.1, 0.15) is 0 Å². The Kier molecular flexibility index (Phi) is 2.90. The lowest BCUT2D eigenvalue weighted by atomic mass is 10.4. The summed E-state index contributed by atoms with van der Waals surface area (Å²) < 4.78 is 23.9. The van der Waals surface area contributed by atoms with Crippen LogP contribution >= 0.6 is 11.3 Å². The first kappa shape index (κ1) is 8.55. The maximum atomic E-state index is 11.9. The second kappa shape index (κ2) is 3.73. The van der Waals surface area contributed by atoms with E-state index < -0.39 is 6.43 Å². The highest BCUT2D eigenvalue weighted by Crippen LogP contribution is 2.23. The molecule has 1 aromatic heterocycles. The summed E-state index contributed by atoms with van der Waals surface area (Å²) in [6, 6.07) is 0. The van der Waals surface area contributed by atoms with Crippen molar-refractivity contribution in [1.82, 2.24) is 4.98 Å². The van der Waals surface area contributed by atoms with Crippen LogP contribution in [0.25, 0.3) is 0 Å². The quantitative estimate of drug-likeness (QED) is 0.763. The summed E-state index contributed by atoms with van der Waals surface area (Å²) in [5.41, 5.74) is 5.24. The average molecular weight is 178 g/mol. The van der Waals surface area contributed by atoms with Crippen LogP contribution in [0.2, 0.25) is 0 Å². The van der Waals surface area contributed by atoms with Crippen LogP contribution in [0.5, 0.6) is 0 Å². The molecule has 0 saturated heterocycles. The van der Waals surface area contributed by atoms with E-state index in [-0.39, 0.29) is 5.01 Å². The zero-order chi connectivity index (χ0) is 8.27. The van der Waals surface area contributed by atoms with Crippen molar-refractivity contribution in [3.05, 3.63) is 16.1 Å². The minimum atomic E-state index is -2.45. The number of alkyl halides is 2. The SMILES string of the molecule is NCCc1cnc(C(F)F)s1. The molecular formula is C6H8F2N2S. The fraction of sp³-hybridized carbons (Fsp3) is 0.500. The van der Waals surface area contributed by atoms with E-state index in [9.17, 15) is 8.78 Å². The van der Waals surface area contributed by atoms with Crippen LogP contribution < -0.4 is 5.73 Å². The van der Waals surface area contributed by atoms with Crippen LogP contribution in [0.3, 0.4) is 0 Å². The van der Waals surface area contributed by atoms with Gasteiger partial charge in [-0.15, -0.1) is 11.3 Å². The molecule has 0 fully saturated rings. The molecule has 0 radical (unpaired) electrons. The van der Waals surface area contributed by atoms with Gasteiger partial charge in [-0.25, -0.2) is 13.8 Å². The highest BCUT2D eigenvalue weighted by Gasteiger charge is 2.11. The van der Waals surface area contributed by atoms with Crippen LogP contribution in [0.1, 0.15) is 16.3 Å². The van der Waals surface area contributed by atoms with Gasteiger partial charge in [0.25, 0.3) is 6.43 Å². The van der Waals surface area contributed by atoms with Crippen molar-refractivity contribution in [2.75, 3.05) is 6.54 Å². The topological polar surface area (TPSA) is 38.9 Å². The van der Waals surface area contributed by atoms with E-state index in [2.05, 4.69) is 4.98 Å². The van der Waals surface area contributed by atoms with Crippen LogP contribution in [0.15, 0.2) is 6.20 Å². The molecule has 2 N–H and O–H groups in total. The molecule has 0 unspecified atom stereocenters. The van der Waals surface area contributed by atoms with Crippen molar-refractivity contribution in [1.29, 1.82) is 0 Å². The molecule has 0 atom stereocenters. The predicted molar refractivity (Wildman–Crippen MR) is 39.8 cm³/mol. The third kappa shape index (κ3) is 2.20. The van der Waals surface area contributed by atoms with E-state index in [1.165, 1.54) is 6.20 Å². The normalized spacial score (nSPS) is 10.9. The molecule has 1 rings (SSSR count). The van der Waals surface area contributed by atoms with Crippen LogP contribution in [0.4, 0.5) is 8.78 Å². The molecule has 0 aromatic carbocycles. The van der Waals surface area contributed by atoms with Crippen molar-refractivity contribution in [2.24, 2.45) is 5.73 Å². The molecule has 0 aliphatic rings. The van der Waals surface area contributed by atoms with Crippen molar-refractivity contribution in [3.8, 4) is 0 Å². The minimum absolute atomic E-state index is 0.117. The van der Waals surface area contributed by atoms with Gasteiger partial charge >= 0.3 is 0 Å². The summed E-state index contributed by atoms with van der Waals surface area (Å²) in [5, 5.41) is -0.117. The van der Waals surface area contributed by atoms with E-state index >= 15 is 0 Å². The molecular weight excluding hydrogens is 170 g/mol. The Bertz CT molecular complexity index is 224. The smallest absolute Gasteiger partial charge is 0.289 e. The van der Waals surface area contributed by atoms with Crippen molar-refractivity contribution < 1.29 is 8.78 Å². The van der Waals surface area contributed by atoms with Gasteiger partial charge in [0.05, 0.1) is 0 Å². The van der Waals surface area contributed by atoms with Crippen LogP contribution in [0, 0.1) is 0 Å². The number of rotatable bonds is 3. The highest BCUT2D eigenvalue weighted by molar-refractivity contribution is 7.11. The standard InChI is InChI=1S/C6H8F2N2S/c7-5(8)6-10-3-4(11-6)1-2-9/h3,5H,1-2,9H2. The molecule has 0 amide bonds. The van der Waals surface area contributed by atoms with Gasteiger partial charge in [0.15, 0.2) is 5.01 Å². The lowest BCUT2D eigenvalue weighted by molar-refractivity contribution is 0.151. The summed E-state index contributed by atoms with van der Waals surface area (Å²) in [6.07, 6.45) is -0.366. The second-order valence-electron chi connectivity index (χ2n) is 2.00. The highest BCUT2D eigenvalue weighted by atomic mass is 32.1. The molecule has 0 aliphatic heterocycles. The van der Waals surface area contributed by atoms with E-state index in [4.69, 9.17) is 5.73 Å². The third-order valence-electron chi connectivity index (χ3n) is 1.15. The summed E-state index contributed by atoms with van der Waals surface area (Å²) in [5.74, 6) is 0. The number of halogens is 2. The zero-order valence-corrected chi connectivity index (χ0v) is 6.57. The zero-order valence-electron chi connectivity index (χ0n) is 5.76. The Morgan fingerprint density at radius 3 is 2.82 bits per heavy atom. The van der Waals surface area contributed by atoms with E-state index in [1.807, 2.05) is 0 Å². The Balaban J connectivity index is 2.66. The average Bonchev–Trinajstić information content (AvgIpc) is 2.37. The molecule has 11 heavy (non-hydrogen) atoms. The molecule has 1 heterocycles. The second-order valence-corrected chi connectivity index (χ2v) is 3.15. The number of nitrogens with zero attached hydrogens (tertiary/aromatic N) is 1. The Labute approximate surface area is 67.1 Å². The monoisotopic (exact) mass is 178 g/mol. The first-order chi connectivity index (χ1) is 5.24. The van der Waals surface area contributed by atoms with Crippen molar-refractivity contribution in [2.45, 2.75) is 12.8 Å². The molecule has 0 saturated carbocycles. The van der Waals surface area contributed by atoms with Gasteiger partial charge in [-0.1, -0.05) is 0 Å². The largest absolute Gasteiger partial charge is 0.330 e. The first-order valence-electron chi connectivity index (χ1n) is 3.17. The lowest BCUT2D eigenvalue weighted by Gasteiger charge is -1.89. The fourth-order valence-corrected chi connectivity index (χ4v) is 1.47. The Morgan fingerprint density at radius 2 is 2.36 bits per heavy atom. The predicted octanol–water partition coefficient (Wildman–Crippen LogP) is 1.58. The lowest BCUT2D eigenvalue weighted by Crippen LogP contribution is -2.00. The van der Waals surface area contributed by atoms with Gasteiger partial charge < -0.3 is 5.73 Å². The van der Waals surface area contributed by atoms with E-state index in [0.717, 1.165) is 16.2 Å². The Morgan fingerprint density at radius 1 is 1.64 bits per heavy atom. The molecule has 62 valence electrons. The van der Waals surface area contributed by atoms with E-state index in [0.29, 0.717) is 13.0 Å². The van der Waals surface area contributed by atoms with Crippen molar-refractivity contribution in [3.63, 3.8) is 0 Å². The number of hydrogen-bond donors (Lipinski definition) is 1. The number of thiazole rings is 1. The summed E-state index contributed by atoms with van der Waals surface area (Å²) >= 11 is 1.02. The van der Waals surface area contributed by atoms with Crippen LogP contribution in [-0.4, -0.2) is 11.5 Å². The minimum Gasteiger partial charge on any atom is -0.330 e. The number of nitrogens with two attached hydrogens (primary N) is 1. The first-order valence-corrected chi connectivity index (χ1v) is 3.98. The maximum Gasteiger partial charge on any atom is 0.289 e. The van der Waals surface area contributed by atoms with Crippen molar-refractivity contribution >= 4 is 11.3 Å². The maximum absolute atomic E-state index is 11.9. The third-order valence-corrected chi connectivity index (χ3v) is 2.21.